The number of hydrogen-bond acceptors (Lipinski definition) is 3. The lowest BCUT2D eigenvalue weighted by Crippen LogP contribution is -2.00. The molecule has 0 spiro atoms. The Kier molecular flexibility index (Phi) is 3.22. The molecule has 0 radical (unpaired) electrons. The molecule has 1 aromatic heterocycles. The molecule has 0 aliphatic rings. The van der Waals surface area contributed by atoms with Crippen molar-refractivity contribution in [3.05, 3.63) is 41.9 Å². The average molecular weight is 227 g/mol. The zero-order valence-corrected chi connectivity index (χ0v) is 9.84. The molecule has 4 nitrogen and oxygen atoms in total. The summed E-state index contributed by atoms with van der Waals surface area (Å²) >= 11 is 0. The van der Waals surface area contributed by atoms with Gasteiger partial charge in [0, 0.05) is 18.9 Å². The highest BCUT2D eigenvalue weighted by molar-refractivity contribution is 5.59. The van der Waals surface area contributed by atoms with Crippen LogP contribution in [-0.2, 0) is 11.5 Å². The number of benzene rings is 1. The van der Waals surface area contributed by atoms with E-state index in [1.807, 2.05) is 37.4 Å². The monoisotopic (exact) mass is 227 g/mol. The van der Waals surface area contributed by atoms with Crippen LogP contribution < -0.4 is 0 Å². The van der Waals surface area contributed by atoms with E-state index in [1.165, 1.54) is 5.56 Å². The van der Waals surface area contributed by atoms with Crippen LogP contribution in [0.3, 0.4) is 0 Å². The minimum atomic E-state index is 0.335. The van der Waals surface area contributed by atoms with Crippen molar-refractivity contribution in [2.75, 3.05) is 7.11 Å². The van der Waals surface area contributed by atoms with Crippen LogP contribution in [0, 0.1) is 18.3 Å². The van der Waals surface area contributed by atoms with Crippen molar-refractivity contribution >= 4 is 0 Å². The molecule has 1 aromatic carbocycles. The summed E-state index contributed by atoms with van der Waals surface area (Å²) in [4.78, 5) is 4.27. The van der Waals surface area contributed by atoms with E-state index in [4.69, 9.17) is 10.00 Å². The number of rotatable bonds is 3. The Morgan fingerprint density at radius 3 is 2.65 bits per heavy atom. The molecule has 0 fully saturated rings. The maximum Gasteiger partial charge on any atom is 0.215 e. The second kappa shape index (κ2) is 4.81. The molecule has 0 aliphatic heterocycles. The minimum absolute atomic E-state index is 0.335. The minimum Gasteiger partial charge on any atom is -0.364 e. The van der Waals surface area contributed by atoms with Gasteiger partial charge in [-0.05, 0) is 6.92 Å². The number of methoxy groups -OCH3 is 1. The summed E-state index contributed by atoms with van der Waals surface area (Å²) in [6.45, 7) is 2.37. The van der Waals surface area contributed by atoms with Crippen molar-refractivity contribution in [3.63, 3.8) is 0 Å². The Morgan fingerprint density at radius 1 is 1.35 bits per heavy atom. The highest BCUT2D eigenvalue weighted by Crippen LogP contribution is 2.19. The number of ether oxygens (including phenoxy) is 1. The molecular formula is C13H13N3O. The number of nitrogens with zero attached hydrogens (tertiary/aromatic N) is 3. The molecule has 0 unspecified atom stereocenters. The summed E-state index contributed by atoms with van der Waals surface area (Å²) in [5.74, 6) is 0.363. The maximum absolute atomic E-state index is 8.96. The number of hydrogen-bond donors (Lipinski definition) is 0. The van der Waals surface area contributed by atoms with E-state index in [0.29, 0.717) is 12.6 Å². The molecule has 17 heavy (non-hydrogen) atoms. The van der Waals surface area contributed by atoms with Gasteiger partial charge in [0.25, 0.3) is 0 Å². The summed E-state index contributed by atoms with van der Waals surface area (Å²) in [6.07, 6.45) is 1.83. The van der Waals surface area contributed by atoms with E-state index >= 15 is 0 Å². The van der Waals surface area contributed by atoms with Crippen molar-refractivity contribution in [2.24, 2.45) is 0 Å². The van der Waals surface area contributed by atoms with Gasteiger partial charge >= 0.3 is 0 Å². The van der Waals surface area contributed by atoms with E-state index in [2.05, 4.69) is 11.1 Å². The Morgan fingerprint density at radius 2 is 2.06 bits per heavy atom. The van der Waals surface area contributed by atoms with Crippen molar-refractivity contribution in [2.45, 2.75) is 13.7 Å². The average Bonchev–Trinajstić information content (AvgIpc) is 2.74. The Labute approximate surface area is 100 Å². The summed E-state index contributed by atoms with van der Waals surface area (Å²) < 4.78 is 6.70. The van der Waals surface area contributed by atoms with Gasteiger partial charge in [-0.2, -0.15) is 5.26 Å². The second-order valence-electron chi connectivity index (χ2n) is 3.82. The molecular weight excluding hydrogens is 214 g/mol. The molecule has 0 atom stereocenters. The maximum atomic E-state index is 8.96. The topological polar surface area (TPSA) is 50.8 Å². The Hall–Kier alpha value is -2.12. The summed E-state index contributed by atoms with van der Waals surface area (Å²) in [5, 5.41) is 8.96. The van der Waals surface area contributed by atoms with Crippen LogP contribution in [0.1, 0.15) is 11.4 Å². The van der Waals surface area contributed by atoms with Crippen LogP contribution in [0.15, 0.2) is 30.5 Å². The van der Waals surface area contributed by atoms with E-state index in [-0.39, 0.29) is 0 Å². The third-order valence-electron chi connectivity index (χ3n) is 2.49. The molecule has 4 heteroatoms. The van der Waals surface area contributed by atoms with Crippen molar-refractivity contribution in [3.8, 4) is 17.3 Å². The smallest absolute Gasteiger partial charge is 0.215 e. The van der Waals surface area contributed by atoms with Gasteiger partial charge < -0.3 is 4.74 Å². The predicted molar refractivity (Wildman–Crippen MR) is 64.1 cm³/mol. The molecule has 0 saturated carbocycles. The molecule has 0 amide bonds. The molecule has 2 rings (SSSR count). The summed E-state index contributed by atoms with van der Waals surface area (Å²) in [7, 11) is 1.59. The number of nitriles is 1. The number of aryl methyl sites for hydroxylation is 1. The van der Waals surface area contributed by atoms with E-state index in [0.717, 1.165) is 11.3 Å². The quantitative estimate of drug-likeness (QED) is 0.808. The lowest BCUT2D eigenvalue weighted by Gasteiger charge is -1.99. The van der Waals surface area contributed by atoms with Crippen LogP contribution in [0.5, 0.6) is 0 Å². The van der Waals surface area contributed by atoms with Gasteiger partial charge in [-0.15, -0.1) is 0 Å². The largest absolute Gasteiger partial charge is 0.364 e. The lowest BCUT2D eigenvalue weighted by molar-refractivity contribution is 0.130. The molecule has 0 N–H and O–H groups in total. The van der Waals surface area contributed by atoms with Gasteiger partial charge in [0.2, 0.25) is 5.82 Å². The number of aromatic nitrogens is 2. The van der Waals surface area contributed by atoms with Gasteiger partial charge in [-0.1, -0.05) is 29.8 Å². The van der Waals surface area contributed by atoms with Crippen LogP contribution in [0.25, 0.3) is 11.3 Å². The highest BCUT2D eigenvalue weighted by atomic mass is 16.5. The van der Waals surface area contributed by atoms with Crippen molar-refractivity contribution in [1.82, 2.24) is 9.55 Å². The summed E-state index contributed by atoms with van der Waals surface area (Å²) in [5.41, 5.74) is 2.99. The van der Waals surface area contributed by atoms with Gasteiger partial charge in [0.05, 0.1) is 5.69 Å². The normalized spacial score (nSPS) is 10.2. The van der Waals surface area contributed by atoms with Crippen molar-refractivity contribution < 1.29 is 4.74 Å². The Bertz CT molecular complexity index is 549. The van der Waals surface area contributed by atoms with Gasteiger partial charge in [-0.25, -0.2) is 4.98 Å². The lowest BCUT2D eigenvalue weighted by atomic mass is 10.1. The van der Waals surface area contributed by atoms with Crippen LogP contribution in [-0.4, -0.2) is 16.7 Å². The third-order valence-corrected chi connectivity index (χ3v) is 2.49. The molecule has 86 valence electrons. The van der Waals surface area contributed by atoms with E-state index < -0.39 is 0 Å². The fraction of sp³-hybridized carbons (Fsp3) is 0.231. The van der Waals surface area contributed by atoms with Crippen LogP contribution in [0.2, 0.25) is 0 Å². The standard InChI is InChI=1S/C13H13N3O/c1-10-3-5-11(6-4-10)12-8-16(9-17-2)13(7-14)15-12/h3-6,8H,9H2,1-2H3. The highest BCUT2D eigenvalue weighted by Gasteiger charge is 2.08. The molecule has 0 aliphatic carbocycles. The zero-order valence-electron chi connectivity index (χ0n) is 9.84. The molecule has 1 heterocycles. The third kappa shape index (κ3) is 2.35. The molecule has 2 aromatic rings. The molecule has 0 bridgehead atoms. The van der Waals surface area contributed by atoms with Crippen LogP contribution >= 0.6 is 0 Å². The fourth-order valence-electron chi connectivity index (χ4n) is 1.61. The van der Waals surface area contributed by atoms with Crippen LogP contribution in [0.4, 0.5) is 0 Å². The number of imidazole rings is 1. The summed E-state index contributed by atoms with van der Waals surface area (Å²) in [6, 6.07) is 10.1. The second-order valence-corrected chi connectivity index (χ2v) is 3.82. The first kappa shape index (κ1) is 11.4. The van der Waals surface area contributed by atoms with Gasteiger partial charge in [0.15, 0.2) is 0 Å². The van der Waals surface area contributed by atoms with Crippen molar-refractivity contribution in [1.29, 1.82) is 5.26 Å². The van der Waals surface area contributed by atoms with Gasteiger partial charge in [-0.3, -0.25) is 4.57 Å². The van der Waals surface area contributed by atoms with E-state index in [9.17, 15) is 0 Å². The first-order chi connectivity index (χ1) is 8.24. The Balaban J connectivity index is 2.40. The first-order valence-electron chi connectivity index (χ1n) is 5.28. The van der Waals surface area contributed by atoms with E-state index in [1.54, 1.807) is 11.7 Å². The zero-order chi connectivity index (χ0) is 12.3. The first-order valence-corrected chi connectivity index (χ1v) is 5.28. The van der Waals surface area contributed by atoms with Gasteiger partial charge in [0.1, 0.15) is 12.8 Å². The molecule has 0 saturated heterocycles. The SMILES string of the molecule is COCn1cc(-c2ccc(C)cc2)nc1C#N. The predicted octanol–water partition coefficient (Wildman–Crippen LogP) is 2.33. The fourth-order valence-corrected chi connectivity index (χ4v) is 1.61.